The highest BCUT2D eigenvalue weighted by molar-refractivity contribution is 5.00. The van der Waals surface area contributed by atoms with E-state index >= 15 is 0 Å². The van der Waals surface area contributed by atoms with Gasteiger partial charge in [-0.1, -0.05) is 20.8 Å². The molecule has 3 heteroatoms. The summed E-state index contributed by atoms with van der Waals surface area (Å²) in [5, 5.41) is 3.44. The minimum atomic E-state index is 0.267. The Morgan fingerprint density at radius 3 is 2.57 bits per heavy atom. The first-order valence-corrected chi connectivity index (χ1v) is 4.98. The quantitative estimate of drug-likeness (QED) is 0.799. The third-order valence-corrected chi connectivity index (χ3v) is 1.97. The van der Waals surface area contributed by atoms with Crippen molar-refractivity contribution in [3.8, 4) is 0 Å². The molecule has 0 bridgehead atoms. The van der Waals surface area contributed by atoms with Crippen molar-refractivity contribution < 1.29 is 0 Å². The largest absolute Gasteiger partial charge is 0.308 e. The van der Waals surface area contributed by atoms with Crippen LogP contribution in [0.5, 0.6) is 0 Å². The zero-order valence-corrected chi connectivity index (χ0v) is 9.41. The molecule has 0 saturated heterocycles. The van der Waals surface area contributed by atoms with Crippen LogP contribution in [-0.2, 0) is 0 Å². The molecule has 1 unspecified atom stereocenters. The summed E-state index contributed by atoms with van der Waals surface area (Å²) in [5.74, 6) is 0. The zero-order chi connectivity index (χ0) is 10.6. The van der Waals surface area contributed by atoms with Crippen molar-refractivity contribution in [1.82, 2.24) is 15.3 Å². The second-order valence-corrected chi connectivity index (χ2v) is 4.79. The SMILES string of the molecule is CC(NCC(C)(C)C)c1cnccn1. The van der Waals surface area contributed by atoms with Gasteiger partial charge in [0.25, 0.3) is 0 Å². The van der Waals surface area contributed by atoms with Crippen molar-refractivity contribution in [2.45, 2.75) is 33.7 Å². The average molecular weight is 193 g/mol. The fraction of sp³-hybridized carbons (Fsp3) is 0.636. The van der Waals surface area contributed by atoms with E-state index < -0.39 is 0 Å². The van der Waals surface area contributed by atoms with Gasteiger partial charge in [-0.15, -0.1) is 0 Å². The van der Waals surface area contributed by atoms with E-state index in [2.05, 4.69) is 43.0 Å². The summed E-state index contributed by atoms with van der Waals surface area (Å²) in [6, 6.07) is 0.267. The molecule has 78 valence electrons. The van der Waals surface area contributed by atoms with Crippen LogP contribution >= 0.6 is 0 Å². The summed E-state index contributed by atoms with van der Waals surface area (Å²) in [6.45, 7) is 9.72. The van der Waals surface area contributed by atoms with Gasteiger partial charge in [-0.05, 0) is 12.3 Å². The van der Waals surface area contributed by atoms with Crippen LogP contribution in [0.1, 0.15) is 39.4 Å². The van der Waals surface area contributed by atoms with Gasteiger partial charge in [-0.2, -0.15) is 0 Å². The number of nitrogens with zero attached hydrogens (tertiary/aromatic N) is 2. The summed E-state index contributed by atoms with van der Waals surface area (Å²) in [6.07, 6.45) is 5.23. The summed E-state index contributed by atoms with van der Waals surface area (Å²) in [4.78, 5) is 8.30. The van der Waals surface area contributed by atoms with Gasteiger partial charge in [0.1, 0.15) is 0 Å². The van der Waals surface area contributed by atoms with E-state index in [1.807, 2.05) is 0 Å². The Labute approximate surface area is 86.0 Å². The lowest BCUT2D eigenvalue weighted by molar-refractivity contribution is 0.357. The van der Waals surface area contributed by atoms with Gasteiger partial charge >= 0.3 is 0 Å². The van der Waals surface area contributed by atoms with Gasteiger partial charge in [-0.3, -0.25) is 9.97 Å². The van der Waals surface area contributed by atoms with Crippen LogP contribution in [-0.4, -0.2) is 16.5 Å². The van der Waals surface area contributed by atoms with Crippen LogP contribution in [0.25, 0.3) is 0 Å². The first kappa shape index (κ1) is 11.1. The van der Waals surface area contributed by atoms with Crippen molar-refractivity contribution in [2.75, 3.05) is 6.54 Å². The van der Waals surface area contributed by atoms with Crippen molar-refractivity contribution in [2.24, 2.45) is 5.41 Å². The minimum Gasteiger partial charge on any atom is -0.308 e. The normalized spacial score (nSPS) is 14.0. The van der Waals surface area contributed by atoms with Crippen LogP contribution in [0, 0.1) is 5.41 Å². The fourth-order valence-electron chi connectivity index (χ4n) is 1.10. The van der Waals surface area contributed by atoms with E-state index in [0.29, 0.717) is 5.41 Å². The second kappa shape index (κ2) is 4.51. The molecule has 14 heavy (non-hydrogen) atoms. The molecule has 0 aromatic carbocycles. The molecule has 0 aliphatic heterocycles. The van der Waals surface area contributed by atoms with Gasteiger partial charge in [0, 0.05) is 31.2 Å². The third kappa shape index (κ3) is 3.83. The number of hydrogen-bond donors (Lipinski definition) is 1. The lowest BCUT2D eigenvalue weighted by atomic mass is 9.96. The summed E-state index contributed by atoms with van der Waals surface area (Å²) in [5.41, 5.74) is 1.30. The molecule has 0 aliphatic carbocycles. The van der Waals surface area contributed by atoms with Crippen LogP contribution in [0.2, 0.25) is 0 Å². The Morgan fingerprint density at radius 2 is 2.07 bits per heavy atom. The minimum absolute atomic E-state index is 0.267. The lowest BCUT2D eigenvalue weighted by Crippen LogP contribution is -2.29. The Kier molecular flexibility index (Phi) is 3.58. The first-order valence-electron chi connectivity index (χ1n) is 4.98. The Balaban J connectivity index is 2.48. The van der Waals surface area contributed by atoms with Gasteiger partial charge in [0.15, 0.2) is 0 Å². The maximum atomic E-state index is 4.25. The lowest BCUT2D eigenvalue weighted by Gasteiger charge is -2.22. The second-order valence-electron chi connectivity index (χ2n) is 4.79. The van der Waals surface area contributed by atoms with Crippen LogP contribution < -0.4 is 5.32 Å². The van der Waals surface area contributed by atoms with E-state index in [4.69, 9.17) is 0 Å². The number of aromatic nitrogens is 2. The molecule has 0 radical (unpaired) electrons. The maximum absolute atomic E-state index is 4.25. The van der Waals surface area contributed by atoms with Gasteiger partial charge < -0.3 is 5.32 Å². The van der Waals surface area contributed by atoms with E-state index in [1.165, 1.54) is 0 Å². The van der Waals surface area contributed by atoms with E-state index in [9.17, 15) is 0 Å². The molecule has 1 aromatic rings. The van der Waals surface area contributed by atoms with Crippen molar-refractivity contribution in [3.63, 3.8) is 0 Å². The topological polar surface area (TPSA) is 37.8 Å². The number of rotatable bonds is 3. The molecule has 1 heterocycles. The molecule has 0 saturated carbocycles. The Bertz CT molecular complexity index is 264. The summed E-state index contributed by atoms with van der Waals surface area (Å²) in [7, 11) is 0. The molecule has 1 N–H and O–H groups in total. The zero-order valence-electron chi connectivity index (χ0n) is 9.41. The Morgan fingerprint density at radius 1 is 1.36 bits per heavy atom. The molecule has 3 nitrogen and oxygen atoms in total. The summed E-state index contributed by atoms with van der Waals surface area (Å²) >= 11 is 0. The summed E-state index contributed by atoms with van der Waals surface area (Å²) < 4.78 is 0. The molecule has 1 aromatic heterocycles. The Hall–Kier alpha value is -0.960. The molecule has 0 amide bonds. The van der Waals surface area contributed by atoms with Crippen LogP contribution in [0.3, 0.4) is 0 Å². The predicted molar refractivity (Wildman–Crippen MR) is 57.9 cm³/mol. The molecule has 0 fully saturated rings. The molecule has 1 atom stereocenters. The number of hydrogen-bond acceptors (Lipinski definition) is 3. The molecular weight excluding hydrogens is 174 g/mol. The molecule has 0 aliphatic rings. The van der Waals surface area contributed by atoms with E-state index in [1.54, 1.807) is 18.6 Å². The van der Waals surface area contributed by atoms with Gasteiger partial charge in [0.05, 0.1) is 5.69 Å². The monoisotopic (exact) mass is 193 g/mol. The fourth-order valence-corrected chi connectivity index (χ4v) is 1.10. The molecule has 1 rings (SSSR count). The molecule has 0 spiro atoms. The maximum Gasteiger partial charge on any atom is 0.0753 e. The van der Waals surface area contributed by atoms with Gasteiger partial charge in [0.2, 0.25) is 0 Å². The van der Waals surface area contributed by atoms with Crippen molar-refractivity contribution >= 4 is 0 Å². The van der Waals surface area contributed by atoms with E-state index in [-0.39, 0.29) is 6.04 Å². The highest BCUT2D eigenvalue weighted by Crippen LogP contribution is 2.14. The smallest absolute Gasteiger partial charge is 0.0753 e. The van der Waals surface area contributed by atoms with E-state index in [0.717, 1.165) is 12.2 Å². The number of nitrogens with one attached hydrogen (secondary N) is 1. The highest BCUT2D eigenvalue weighted by Gasteiger charge is 2.13. The van der Waals surface area contributed by atoms with Crippen molar-refractivity contribution in [1.29, 1.82) is 0 Å². The average Bonchev–Trinajstić information content (AvgIpc) is 2.14. The van der Waals surface area contributed by atoms with Crippen LogP contribution in [0.15, 0.2) is 18.6 Å². The highest BCUT2D eigenvalue weighted by atomic mass is 14.9. The van der Waals surface area contributed by atoms with Crippen molar-refractivity contribution in [3.05, 3.63) is 24.3 Å². The first-order chi connectivity index (χ1) is 6.49. The third-order valence-electron chi connectivity index (χ3n) is 1.97. The van der Waals surface area contributed by atoms with Gasteiger partial charge in [-0.25, -0.2) is 0 Å². The standard InChI is InChI=1S/C11H19N3/c1-9(14-8-11(2,3)4)10-7-12-5-6-13-10/h5-7,9,14H,8H2,1-4H3. The predicted octanol–water partition coefficient (Wildman–Crippen LogP) is 2.17. The van der Waals surface area contributed by atoms with Crippen LogP contribution in [0.4, 0.5) is 0 Å². The molecular formula is C11H19N3.